The Kier molecular flexibility index (Phi) is 3.80. The van der Waals surface area contributed by atoms with Gasteiger partial charge in [-0.2, -0.15) is 0 Å². The number of benzene rings is 1. The number of fused-ring (bicyclic) bond motifs is 2. The quantitative estimate of drug-likeness (QED) is 0.863. The van der Waals surface area contributed by atoms with Gasteiger partial charge in [-0.05, 0) is 31.0 Å². The smallest absolute Gasteiger partial charge is 0.163 e. The molecule has 0 aliphatic carbocycles. The van der Waals surface area contributed by atoms with Gasteiger partial charge in [-0.3, -0.25) is 0 Å². The molecule has 20 heavy (non-hydrogen) atoms. The van der Waals surface area contributed by atoms with E-state index in [0.29, 0.717) is 19.8 Å². The number of rotatable bonds is 5. The number of aryl methyl sites for hydroxylation is 1. The summed E-state index contributed by atoms with van der Waals surface area (Å²) in [5.41, 5.74) is 8.03. The molecule has 0 atom stereocenters. The van der Waals surface area contributed by atoms with Gasteiger partial charge in [0.05, 0.1) is 5.52 Å². The summed E-state index contributed by atoms with van der Waals surface area (Å²) in [6.45, 7) is 2.78. The molecule has 0 unspecified atom stereocenters. The third kappa shape index (κ3) is 2.34. The second-order valence-corrected chi connectivity index (χ2v) is 4.98. The molecular weight excluding hydrogens is 256 g/mol. The van der Waals surface area contributed by atoms with E-state index in [4.69, 9.17) is 20.3 Å². The zero-order chi connectivity index (χ0) is 13.9. The first kappa shape index (κ1) is 13.3. The topological polar surface area (TPSA) is 69.6 Å². The van der Waals surface area contributed by atoms with E-state index in [1.54, 1.807) is 0 Å². The van der Waals surface area contributed by atoms with E-state index >= 15 is 0 Å². The van der Waals surface area contributed by atoms with Gasteiger partial charge in [-0.15, -0.1) is 0 Å². The lowest BCUT2D eigenvalue weighted by atomic mass is 10.1. The van der Waals surface area contributed by atoms with Gasteiger partial charge >= 0.3 is 0 Å². The van der Waals surface area contributed by atoms with Crippen molar-refractivity contribution >= 4 is 10.9 Å². The first-order chi connectivity index (χ1) is 9.83. The van der Waals surface area contributed by atoms with E-state index in [-0.39, 0.29) is 6.61 Å². The highest BCUT2D eigenvalue weighted by Crippen LogP contribution is 2.36. The Hall–Kier alpha value is -1.72. The predicted molar refractivity (Wildman–Crippen MR) is 77.4 cm³/mol. The average Bonchev–Trinajstić information content (AvgIpc) is 2.81. The molecule has 1 aromatic heterocycles. The average molecular weight is 276 g/mol. The van der Waals surface area contributed by atoms with Crippen LogP contribution in [-0.2, 0) is 13.0 Å². The Balaban J connectivity index is 2.09. The van der Waals surface area contributed by atoms with Crippen LogP contribution in [-0.4, -0.2) is 36.0 Å². The summed E-state index contributed by atoms with van der Waals surface area (Å²) in [6, 6.07) is 4.07. The fourth-order valence-electron chi connectivity index (χ4n) is 2.68. The molecular formula is C15H20N2O3. The Morgan fingerprint density at radius 2 is 1.95 bits per heavy atom. The number of aliphatic hydroxyl groups excluding tert-OH is 1. The third-order valence-corrected chi connectivity index (χ3v) is 3.60. The maximum atomic E-state index is 9.02. The number of nitrogens with two attached hydrogens (primary N) is 1. The van der Waals surface area contributed by atoms with Crippen molar-refractivity contribution < 1.29 is 14.6 Å². The van der Waals surface area contributed by atoms with Crippen LogP contribution in [0.15, 0.2) is 18.3 Å². The minimum Gasteiger partial charge on any atom is -0.486 e. The van der Waals surface area contributed by atoms with Gasteiger partial charge in [-0.1, -0.05) is 0 Å². The first-order valence-electron chi connectivity index (χ1n) is 7.06. The highest BCUT2D eigenvalue weighted by atomic mass is 16.6. The van der Waals surface area contributed by atoms with Crippen molar-refractivity contribution in [3.05, 3.63) is 23.9 Å². The summed E-state index contributed by atoms with van der Waals surface area (Å²) in [4.78, 5) is 0. The summed E-state index contributed by atoms with van der Waals surface area (Å²) < 4.78 is 13.5. The number of ether oxygens (including phenoxy) is 2. The zero-order valence-electron chi connectivity index (χ0n) is 11.5. The first-order valence-corrected chi connectivity index (χ1v) is 7.06. The molecule has 0 amide bonds. The van der Waals surface area contributed by atoms with Gasteiger partial charge in [0.2, 0.25) is 0 Å². The highest BCUT2D eigenvalue weighted by Gasteiger charge is 2.16. The zero-order valence-corrected chi connectivity index (χ0v) is 11.5. The molecule has 5 nitrogen and oxygen atoms in total. The molecule has 0 bridgehead atoms. The largest absolute Gasteiger partial charge is 0.486 e. The van der Waals surface area contributed by atoms with E-state index < -0.39 is 0 Å². The summed E-state index contributed by atoms with van der Waals surface area (Å²) in [7, 11) is 0. The SMILES string of the molecule is NCCc1cn(CCCO)c2cc3c(cc12)OCCO3. The van der Waals surface area contributed by atoms with Crippen LogP contribution in [0, 0.1) is 0 Å². The number of aliphatic hydroxyl groups is 1. The van der Waals surface area contributed by atoms with Crippen LogP contribution in [0.4, 0.5) is 0 Å². The molecule has 0 saturated carbocycles. The van der Waals surface area contributed by atoms with Crippen LogP contribution >= 0.6 is 0 Å². The summed E-state index contributed by atoms with van der Waals surface area (Å²) >= 11 is 0. The minimum absolute atomic E-state index is 0.191. The molecule has 3 rings (SSSR count). The number of aromatic nitrogens is 1. The molecule has 108 valence electrons. The van der Waals surface area contributed by atoms with E-state index in [2.05, 4.69) is 10.8 Å². The van der Waals surface area contributed by atoms with Crippen LogP contribution in [0.5, 0.6) is 11.5 Å². The van der Waals surface area contributed by atoms with Crippen LogP contribution < -0.4 is 15.2 Å². The lowest BCUT2D eigenvalue weighted by molar-refractivity contribution is 0.172. The van der Waals surface area contributed by atoms with Crippen molar-refractivity contribution in [1.82, 2.24) is 4.57 Å². The molecule has 5 heteroatoms. The molecule has 0 radical (unpaired) electrons. The predicted octanol–water partition coefficient (Wildman–Crippen LogP) is 1.30. The maximum absolute atomic E-state index is 9.02. The van der Waals surface area contributed by atoms with Crippen molar-refractivity contribution in [2.24, 2.45) is 5.73 Å². The molecule has 1 aliphatic heterocycles. The van der Waals surface area contributed by atoms with Crippen LogP contribution in [0.2, 0.25) is 0 Å². The van der Waals surface area contributed by atoms with E-state index in [1.807, 2.05) is 12.1 Å². The number of nitrogens with zero attached hydrogens (tertiary/aromatic N) is 1. The minimum atomic E-state index is 0.191. The molecule has 0 saturated heterocycles. The molecule has 0 spiro atoms. The monoisotopic (exact) mass is 276 g/mol. The van der Waals surface area contributed by atoms with E-state index in [9.17, 15) is 0 Å². The Morgan fingerprint density at radius 1 is 1.20 bits per heavy atom. The second-order valence-electron chi connectivity index (χ2n) is 4.98. The highest BCUT2D eigenvalue weighted by molar-refractivity contribution is 5.87. The van der Waals surface area contributed by atoms with Crippen molar-refractivity contribution in [2.75, 3.05) is 26.4 Å². The van der Waals surface area contributed by atoms with Crippen LogP contribution in [0.3, 0.4) is 0 Å². The van der Waals surface area contributed by atoms with Gasteiger partial charge in [0.15, 0.2) is 11.5 Å². The fourth-order valence-corrected chi connectivity index (χ4v) is 2.68. The lowest BCUT2D eigenvalue weighted by Gasteiger charge is -2.18. The maximum Gasteiger partial charge on any atom is 0.163 e. The summed E-state index contributed by atoms with van der Waals surface area (Å²) in [6.07, 6.45) is 3.70. The fraction of sp³-hybridized carbons (Fsp3) is 0.467. The molecule has 2 aromatic rings. The van der Waals surface area contributed by atoms with Gasteiger partial charge in [-0.25, -0.2) is 0 Å². The van der Waals surface area contributed by atoms with Crippen molar-refractivity contribution in [3.63, 3.8) is 0 Å². The summed E-state index contributed by atoms with van der Waals surface area (Å²) in [5.74, 6) is 1.60. The molecule has 2 heterocycles. The molecule has 3 N–H and O–H groups in total. The Morgan fingerprint density at radius 3 is 2.65 bits per heavy atom. The van der Waals surface area contributed by atoms with Gasteiger partial charge in [0, 0.05) is 30.8 Å². The molecule has 1 aromatic carbocycles. The molecule has 1 aliphatic rings. The van der Waals surface area contributed by atoms with Crippen molar-refractivity contribution in [2.45, 2.75) is 19.4 Å². The van der Waals surface area contributed by atoms with Gasteiger partial charge < -0.3 is 24.9 Å². The van der Waals surface area contributed by atoms with Crippen LogP contribution in [0.1, 0.15) is 12.0 Å². The van der Waals surface area contributed by atoms with E-state index in [1.165, 1.54) is 5.56 Å². The third-order valence-electron chi connectivity index (χ3n) is 3.60. The van der Waals surface area contributed by atoms with Gasteiger partial charge in [0.25, 0.3) is 0 Å². The normalized spacial score (nSPS) is 13.9. The Labute approximate surface area is 117 Å². The number of hydrogen-bond acceptors (Lipinski definition) is 4. The second kappa shape index (κ2) is 5.73. The summed E-state index contributed by atoms with van der Waals surface area (Å²) in [5, 5.41) is 10.2. The van der Waals surface area contributed by atoms with E-state index in [0.717, 1.165) is 41.8 Å². The van der Waals surface area contributed by atoms with Crippen LogP contribution in [0.25, 0.3) is 10.9 Å². The molecule has 0 fully saturated rings. The Bertz CT molecular complexity index is 607. The standard InChI is InChI=1S/C15H20N2O3/c16-3-2-11-10-17(4-1-5-18)13-9-15-14(8-12(11)13)19-6-7-20-15/h8-10,18H,1-7,16H2. The lowest BCUT2D eigenvalue weighted by Crippen LogP contribution is -2.15. The van der Waals surface area contributed by atoms with Gasteiger partial charge in [0.1, 0.15) is 13.2 Å². The van der Waals surface area contributed by atoms with Crippen molar-refractivity contribution in [1.29, 1.82) is 0 Å². The van der Waals surface area contributed by atoms with Crippen molar-refractivity contribution in [3.8, 4) is 11.5 Å². The number of hydrogen-bond donors (Lipinski definition) is 2.